The minimum Gasteiger partial charge on any atom is -0.493 e. The third-order valence-corrected chi connectivity index (χ3v) is 5.15. The molecule has 158 valence electrons. The predicted octanol–water partition coefficient (Wildman–Crippen LogP) is 4.45. The van der Waals surface area contributed by atoms with Gasteiger partial charge in [0.05, 0.1) is 24.2 Å². The van der Waals surface area contributed by atoms with Gasteiger partial charge in [0.2, 0.25) is 0 Å². The third kappa shape index (κ3) is 4.91. The smallest absolute Gasteiger partial charge is 0.270 e. The van der Waals surface area contributed by atoms with Crippen LogP contribution in [0.4, 0.5) is 0 Å². The van der Waals surface area contributed by atoms with Gasteiger partial charge in [0.1, 0.15) is 17.3 Å². The highest BCUT2D eigenvalue weighted by atomic mass is 16.5. The van der Waals surface area contributed by atoms with Crippen LogP contribution in [0.15, 0.2) is 66.9 Å². The van der Waals surface area contributed by atoms with Crippen molar-refractivity contribution in [2.24, 2.45) is 0 Å². The van der Waals surface area contributed by atoms with Crippen LogP contribution in [0.5, 0.6) is 5.75 Å². The van der Waals surface area contributed by atoms with Crippen LogP contribution in [0.3, 0.4) is 0 Å². The molecule has 6 heteroatoms. The molecule has 0 saturated heterocycles. The maximum absolute atomic E-state index is 12.4. The van der Waals surface area contributed by atoms with Gasteiger partial charge in [-0.2, -0.15) is 0 Å². The second-order valence-corrected chi connectivity index (χ2v) is 7.54. The number of benzene rings is 2. The summed E-state index contributed by atoms with van der Waals surface area (Å²) in [5.41, 5.74) is 4.74. The molecule has 4 aromatic rings. The Hall–Kier alpha value is -3.67. The van der Waals surface area contributed by atoms with E-state index in [0.717, 1.165) is 41.1 Å². The molecule has 0 spiro atoms. The monoisotopic (exact) mass is 414 g/mol. The van der Waals surface area contributed by atoms with E-state index in [-0.39, 0.29) is 5.91 Å². The highest BCUT2D eigenvalue weighted by Gasteiger charge is 2.13. The van der Waals surface area contributed by atoms with Crippen LogP contribution >= 0.6 is 0 Å². The van der Waals surface area contributed by atoms with Crippen molar-refractivity contribution < 1.29 is 9.53 Å². The molecule has 4 rings (SSSR count). The summed E-state index contributed by atoms with van der Waals surface area (Å²) in [6.07, 6.45) is 2.44. The Bertz CT molecular complexity index is 1180. The van der Waals surface area contributed by atoms with Gasteiger partial charge in [-0.25, -0.2) is 4.98 Å². The van der Waals surface area contributed by atoms with Gasteiger partial charge in [-0.15, -0.1) is 0 Å². The number of carbonyl (C=O) groups excluding carboxylic acids is 1. The first-order valence-corrected chi connectivity index (χ1v) is 10.5. The van der Waals surface area contributed by atoms with Gasteiger partial charge in [0.15, 0.2) is 0 Å². The first kappa shape index (κ1) is 20.6. The Morgan fingerprint density at radius 3 is 2.71 bits per heavy atom. The van der Waals surface area contributed by atoms with Gasteiger partial charge < -0.3 is 14.6 Å². The maximum Gasteiger partial charge on any atom is 0.270 e. The Morgan fingerprint density at radius 1 is 1.06 bits per heavy atom. The number of para-hydroxylation sites is 2. The van der Waals surface area contributed by atoms with E-state index in [9.17, 15) is 4.79 Å². The Labute approximate surface area is 181 Å². The van der Waals surface area contributed by atoms with E-state index in [1.54, 1.807) is 24.4 Å². The van der Waals surface area contributed by atoms with Crippen LogP contribution in [0, 0.1) is 13.8 Å². The van der Waals surface area contributed by atoms with Gasteiger partial charge in [-0.05, 0) is 56.2 Å². The standard InChI is InChI=1S/C25H26N4O2/c1-18-11-12-23(19(2)16-18)31-15-7-14-29-22-10-4-3-8-20(22)28-24(29)17-27-25(30)21-9-5-6-13-26-21/h3-6,8-13,16H,7,14-15,17H2,1-2H3,(H,27,30). The molecule has 0 atom stereocenters. The SMILES string of the molecule is Cc1ccc(OCCCn2c(CNC(=O)c3ccccn3)nc3ccccc32)c(C)c1. The molecule has 0 unspecified atom stereocenters. The average molecular weight is 415 g/mol. The summed E-state index contributed by atoms with van der Waals surface area (Å²) in [6.45, 7) is 5.83. The Morgan fingerprint density at radius 2 is 1.90 bits per heavy atom. The van der Waals surface area contributed by atoms with Gasteiger partial charge in [0.25, 0.3) is 5.91 Å². The van der Waals surface area contributed by atoms with E-state index < -0.39 is 0 Å². The summed E-state index contributed by atoms with van der Waals surface area (Å²) in [4.78, 5) is 21.2. The summed E-state index contributed by atoms with van der Waals surface area (Å²) >= 11 is 0. The third-order valence-electron chi connectivity index (χ3n) is 5.15. The van der Waals surface area contributed by atoms with Crippen molar-refractivity contribution in [3.05, 3.63) is 89.5 Å². The van der Waals surface area contributed by atoms with E-state index >= 15 is 0 Å². The van der Waals surface area contributed by atoms with Gasteiger partial charge >= 0.3 is 0 Å². The highest BCUT2D eigenvalue weighted by molar-refractivity contribution is 5.92. The fraction of sp³-hybridized carbons (Fsp3) is 0.240. The Kier molecular flexibility index (Phi) is 6.26. The van der Waals surface area contributed by atoms with Gasteiger partial charge in [-0.1, -0.05) is 35.9 Å². The molecule has 0 saturated carbocycles. The molecule has 2 aromatic carbocycles. The maximum atomic E-state index is 12.4. The number of nitrogens with one attached hydrogen (secondary N) is 1. The first-order chi connectivity index (χ1) is 15.1. The molecule has 0 fully saturated rings. The number of rotatable bonds is 8. The molecule has 2 aromatic heterocycles. The first-order valence-electron chi connectivity index (χ1n) is 10.5. The van der Waals surface area contributed by atoms with Crippen molar-refractivity contribution in [3.63, 3.8) is 0 Å². The van der Waals surface area contributed by atoms with Gasteiger partial charge in [0, 0.05) is 12.7 Å². The average Bonchev–Trinajstić information content (AvgIpc) is 3.14. The lowest BCUT2D eigenvalue weighted by molar-refractivity contribution is 0.0944. The van der Waals surface area contributed by atoms with E-state index in [4.69, 9.17) is 9.72 Å². The summed E-state index contributed by atoms with van der Waals surface area (Å²) in [7, 11) is 0. The van der Waals surface area contributed by atoms with Crippen molar-refractivity contribution >= 4 is 16.9 Å². The van der Waals surface area contributed by atoms with Crippen molar-refractivity contribution in [1.29, 1.82) is 0 Å². The molecular weight excluding hydrogens is 388 g/mol. The van der Waals surface area contributed by atoms with Gasteiger partial charge in [-0.3, -0.25) is 9.78 Å². The Balaban J connectivity index is 1.43. The van der Waals surface area contributed by atoms with Crippen molar-refractivity contribution in [3.8, 4) is 5.75 Å². The largest absolute Gasteiger partial charge is 0.493 e. The highest BCUT2D eigenvalue weighted by Crippen LogP contribution is 2.20. The minimum atomic E-state index is -0.211. The second kappa shape index (κ2) is 9.43. The van der Waals surface area contributed by atoms with Crippen LogP contribution in [-0.4, -0.2) is 27.0 Å². The van der Waals surface area contributed by atoms with Crippen LogP contribution in [0.2, 0.25) is 0 Å². The fourth-order valence-electron chi connectivity index (χ4n) is 3.62. The number of nitrogens with zero attached hydrogens (tertiary/aromatic N) is 3. The molecule has 0 aliphatic rings. The lowest BCUT2D eigenvalue weighted by Gasteiger charge is -2.12. The number of aromatic nitrogens is 3. The van der Waals surface area contributed by atoms with Crippen molar-refractivity contribution in [1.82, 2.24) is 19.9 Å². The molecule has 0 aliphatic carbocycles. The van der Waals surface area contributed by atoms with Crippen LogP contribution in [0.25, 0.3) is 11.0 Å². The summed E-state index contributed by atoms with van der Waals surface area (Å²) < 4.78 is 8.14. The molecule has 2 heterocycles. The number of imidazole rings is 1. The lowest BCUT2D eigenvalue weighted by Crippen LogP contribution is -2.25. The lowest BCUT2D eigenvalue weighted by atomic mass is 10.1. The number of pyridine rings is 1. The number of hydrogen-bond donors (Lipinski definition) is 1. The van der Waals surface area contributed by atoms with Crippen LogP contribution < -0.4 is 10.1 Å². The summed E-state index contributed by atoms with van der Waals surface area (Å²) in [6, 6.07) is 19.5. The van der Waals surface area contributed by atoms with Crippen molar-refractivity contribution in [2.45, 2.75) is 33.4 Å². The second-order valence-electron chi connectivity index (χ2n) is 7.54. The fourth-order valence-corrected chi connectivity index (χ4v) is 3.62. The molecule has 0 aliphatic heterocycles. The van der Waals surface area contributed by atoms with Crippen LogP contribution in [-0.2, 0) is 13.1 Å². The number of carbonyl (C=O) groups is 1. The molecule has 1 N–H and O–H groups in total. The molecule has 1 amide bonds. The number of ether oxygens (including phenoxy) is 1. The zero-order valence-corrected chi connectivity index (χ0v) is 17.8. The quantitative estimate of drug-likeness (QED) is 0.433. The number of aryl methyl sites for hydroxylation is 3. The van der Waals surface area contributed by atoms with Crippen LogP contribution in [0.1, 0.15) is 33.9 Å². The molecule has 6 nitrogen and oxygen atoms in total. The topological polar surface area (TPSA) is 69.0 Å². The van der Waals surface area contributed by atoms with E-state index in [1.165, 1.54) is 5.56 Å². The summed E-state index contributed by atoms with van der Waals surface area (Å²) in [5.74, 6) is 1.53. The zero-order valence-electron chi connectivity index (χ0n) is 17.8. The minimum absolute atomic E-state index is 0.211. The predicted molar refractivity (Wildman–Crippen MR) is 121 cm³/mol. The van der Waals surface area contributed by atoms with E-state index in [2.05, 4.69) is 46.9 Å². The number of hydrogen-bond acceptors (Lipinski definition) is 4. The normalized spacial score (nSPS) is 10.9. The summed E-state index contributed by atoms with van der Waals surface area (Å²) in [5, 5.41) is 2.93. The molecule has 0 bridgehead atoms. The van der Waals surface area contributed by atoms with E-state index in [1.807, 2.05) is 24.3 Å². The number of amides is 1. The molecular formula is C25H26N4O2. The molecule has 0 radical (unpaired) electrons. The van der Waals surface area contributed by atoms with Crippen molar-refractivity contribution in [2.75, 3.05) is 6.61 Å². The van der Waals surface area contributed by atoms with E-state index in [0.29, 0.717) is 18.8 Å². The zero-order chi connectivity index (χ0) is 21.6. The number of fused-ring (bicyclic) bond motifs is 1. The molecule has 31 heavy (non-hydrogen) atoms.